The van der Waals surface area contributed by atoms with Crippen LogP contribution in [0.5, 0.6) is 0 Å². The molecular weight excluding hydrogens is 170 g/mol. The highest BCUT2D eigenvalue weighted by atomic mass is 14.7. The Balaban J connectivity index is 4.98. The Morgan fingerprint density at radius 1 is 0.857 bits per heavy atom. The molecule has 0 aliphatic heterocycles. The maximum Gasteiger partial charge on any atom is 0.0695 e. The van der Waals surface area contributed by atoms with Gasteiger partial charge in [-0.25, -0.2) is 0 Å². The Morgan fingerprint density at radius 2 is 1.50 bits per heavy atom. The van der Waals surface area contributed by atoms with Gasteiger partial charge in [0, 0.05) is 6.20 Å². The van der Waals surface area contributed by atoms with Gasteiger partial charge >= 0.3 is 0 Å². The maximum atomic E-state index is 4.35. The number of hydrogen-bond donors (Lipinski definition) is 0. The summed E-state index contributed by atoms with van der Waals surface area (Å²) in [6, 6.07) is 0. The van der Waals surface area contributed by atoms with Crippen LogP contribution in [0.3, 0.4) is 0 Å². The predicted octanol–water partition coefficient (Wildman–Crippen LogP) is 4.06. The monoisotopic (exact) mass is 189 g/mol. The summed E-state index contributed by atoms with van der Waals surface area (Å²) in [4.78, 5) is 4.35. The third kappa shape index (κ3) is 4.61. The van der Waals surface area contributed by atoms with Crippen molar-refractivity contribution in [3.8, 4) is 0 Å². The predicted molar refractivity (Wildman–Crippen MR) is 65.6 cm³/mol. The van der Waals surface area contributed by atoms with Gasteiger partial charge in [0.25, 0.3) is 0 Å². The van der Waals surface area contributed by atoms with Crippen molar-refractivity contribution in [3.05, 3.63) is 48.2 Å². The number of hydrogen-bond acceptors (Lipinski definition) is 1. The molecule has 0 bridgehead atoms. The second-order valence-corrected chi connectivity index (χ2v) is 2.74. The molecule has 0 saturated carbocycles. The van der Waals surface area contributed by atoms with Gasteiger partial charge in [-0.2, -0.15) is 0 Å². The summed E-state index contributed by atoms with van der Waals surface area (Å²) in [6.07, 6.45) is 13.9. The first kappa shape index (κ1) is 12.6. The van der Waals surface area contributed by atoms with Gasteiger partial charge < -0.3 is 0 Å². The van der Waals surface area contributed by atoms with Crippen LogP contribution in [0.25, 0.3) is 0 Å². The van der Waals surface area contributed by atoms with Crippen molar-refractivity contribution in [2.45, 2.75) is 27.7 Å². The molecule has 0 fully saturated rings. The van der Waals surface area contributed by atoms with Crippen LogP contribution in [0.1, 0.15) is 27.7 Å². The van der Waals surface area contributed by atoms with E-state index < -0.39 is 0 Å². The van der Waals surface area contributed by atoms with Crippen molar-refractivity contribution < 1.29 is 0 Å². The average Bonchev–Trinajstić information content (AvgIpc) is 2.21. The van der Waals surface area contributed by atoms with E-state index in [9.17, 15) is 0 Å². The van der Waals surface area contributed by atoms with Crippen LogP contribution in [0, 0.1) is 0 Å². The van der Waals surface area contributed by atoms with Gasteiger partial charge in [-0.3, -0.25) is 4.99 Å². The molecule has 0 atom stereocenters. The highest BCUT2D eigenvalue weighted by molar-refractivity contribution is 6.10. The topological polar surface area (TPSA) is 12.4 Å². The zero-order valence-electron chi connectivity index (χ0n) is 9.49. The lowest BCUT2D eigenvalue weighted by atomic mass is 10.1. The maximum absolute atomic E-state index is 4.35. The molecule has 0 aromatic heterocycles. The first-order valence-corrected chi connectivity index (χ1v) is 4.91. The lowest BCUT2D eigenvalue weighted by molar-refractivity contribution is 1.49. The average molecular weight is 189 g/mol. The molecular formula is C13H19N. The van der Waals surface area contributed by atoms with E-state index in [1.807, 2.05) is 58.2 Å². The van der Waals surface area contributed by atoms with E-state index in [0.29, 0.717) is 0 Å². The molecule has 0 amide bonds. The van der Waals surface area contributed by atoms with Crippen molar-refractivity contribution >= 4 is 5.71 Å². The molecule has 0 unspecified atom stereocenters. The Hall–Kier alpha value is -1.37. The van der Waals surface area contributed by atoms with Gasteiger partial charge in [0.2, 0.25) is 0 Å². The molecule has 0 spiro atoms. The summed E-state index contributed by atoms with van der Waals surface area (Å²) in [6.45, 7) is 7.98. The Bertz CT molecular complexity index is 288. The van der Waals surface area contributed by atoms with Crippen LogP contribution in [0.4, 0.5) is 0 Å². The third-order valence-corrected chi connectivity index (χ3v) is 1.64. The molecule has 0 aromatic rings. The van der Waals surface area contributed by atoms with Crippen LogP contribution in [-0.2, 0) is 0 Å². The van der Waals surface area contributed by atoms with Crippen LogP contribution in [-0.4, -0.2) is 5.71 Å². The molecule has 0 rings (SSSR count). The van der Waals surface area contributed by atoms with Crippen LogP contribution < -0.4 is 0 Å². The summed E-state index contributed by atoms with van der Waals surface area (Å²) in [5, 5.41) is 0. The number of rotatable bonds is 4. The van der Waals surface area contributed by atoms with Crippen LogP contribution in [0.2, 0.25) is 0 Å². The van der Waals surface area contributed by atoms with Gasteiger partial charge in [0.15, 0.2) is 0 Å². The SMILES string of the molecule is C\C=C/N=C(/C=C\C)C(\C=C/C)=C/C. The second-order valence-electron chi connectivity index (χ2n) is 2.74. The minimum Gasteiger partial charge on any atom is -0.257 e. The van der Waals surface area contributed by atoms with E-state index in [1.54, 1.807) is 0 Å². The molecule has 0 aliphatic rings. The standard InChI is InChI=1S/C13H19N/c1-5-9-12(8-4)13(10-6-2)14-11-7-3/h5-11H,1-4H3/b9-5-,10-6-,11-7-,12-8-,14-13-. The lowest BCUT2D eigenvalue weighted by Gasteiger charge is -1.99. The van der Waals surface area contributed by atoms with Crippen molar-refractivity contribution in [2.75, 3.05) is 0 Å². The van der Waals surface area contributed by atoms with E-state index >= 15 is 0 Å². The summed E-state index contributed by atoms with van der Waals surface area (Å²) >= 11 is 0. The fraction of sp³-hybridized carbons (Fsp3) is 0.308. The van der Waals surface area contributed by atoms with Gasteiger partial charge in [-0.1, -0.05) is 30.4 Å². The fourth-order valence-corrected chi connectivity index (χ4v) is 1.04. The van der Waals surface area contributed by atoms with E-state index in [4.69, 9.17) is 0 Å². The summed E-state index contributed by atoms with van der Waals surface area (Å²) < 4.78 is 0. The number of aliphatic imine (C=N–C) groups is 1. The van der Waals surface area contributed by atoms with Crippen molar-refractivity contribution in [1.82, 2.24) is 0 Å². The van der Waals surface area contributed by atoms with Gasteiger partial charge in [-0.15, -0.1) is 0 Å². The molecule has 0 N–H and O–H groups in total. The molecule has 1 heteroatoms. The van der Waals surface area contributed by atoms with Crippen molar-refractivity contribution in [3.63, 3.8) is 0 Å². The third-order valence-electron chi connectivity index (χ3n) is 1.64. The normalized spacial score (nSPS) is 15.1. The zero-order chi connectivity index (χ0) is 10.8. The zero-order valence-corrected chi connectivity index (χ0v) is 9.49. The van der Waals surface area contributed by atoms with Gasteiger partial charge in [-0.05, 0) is 39.3 Å². The van der Waals surface area contributed by atoms with Crippen LogP contribution in [0.15, 0.2) is 53.2 Å². The fourth-order valence-electron chi connectivity index (χ4n) is 1.04. The van der Waals surface area contributed by atoms with Gasteiger partial charge in [0.1, 0.15) is 0 Å². The van der Waals surface area contributed by atoms with E-state index in [2.05, 4.69) is 17.1 Å². The smallest absolute Gasteiger partial charge is 0.0695 e. The largest absolute Gasteiger partial charge is 0.257 e. The summed E-state index contributed by atoms with van der Waals surface area (Å²) in [7, 11) is 0. The van der Waals surface area contributed by atoms with E-state index in [1.165, 1.54) is 0 Å². The molecule has 0 aliphatic carbocycles. The number of nitrogens with zero attached hydrogens (tertiary/aromatic N) is 1. The van der Waals surface area contributed by atoms with Gasteiger partial charge in [0.05, 0.1) is 5.71 Å². The highest BCUT2D eigenvalue weighted by Crippen LogP contribution is 2.03. The molecule has 0 aromatic carbocycles. The first-order valence-electron chi connectivity index (χ1n) is 4.91. The minimum atomic E-state index is 0.992. The quantitative estimate of drug-likeness (QED) is 0.467. The highest BCUT2D eigenvalue weighted by Gasteiger charge is 1.96. The van der Waals surface area contributed by atoms with Crippen molar-refractivity contribution in [2.24, 2.45) is 4.99 Å². The molecule has 1 nitrogen and oxygen atoms in total. The van der Waals surface area contributed by atoms with E-state index in [0.717, 1.165) is 11.3 Å². The first-order chi connectivity index (χ1) is 6.79. The van der Waals surface area contributed by atoms with Crippen molar-refractivity contribution in [1.29, 1.82) is 0 Å². The van der Waals surface area contributed by atoms with E-state index in [-0.39, 0.29) is 0 Å². The second kappa shape index (κ2) is 8.24. The Morgan fingerprint density at radius 3 is 1.93 bits per heavy atom. The number of allylic oxidation sites excluding steroid dienone is 7. The molecule has 0 saturated heterocycles. The lowest BCUT2D eigenvalue weighted by Crippen LogP contribution is -1.95. The Labute approximate surface area is 87.3 Å². The molecule has 0 radical (unpaired) electrons. The molecule has 76 valence electrons. The summed E-state index contributed by atoms with van der Waals surface area (Å²) in [5.74, 6) is 0. The molecule has 0 heterocycles. The Kier molecular flexibility index (Phi) is 7.43. The molecule has 14 heavy (non-hydrogen) atoms. The summed E-state index contributed by atoms with van der Waals surface area (Å²) in [5.41, 5.74) is 2.13. The minimum absolute atomic E-state index is 0.992. The van der Waals surface area contributed by atoms with Crippen LogP contribution >= 0.6 is 0 Å².